The van der Waals surface area contributed by atoms with Crippen LogP contribution in [0, 0.1) is 6.92 Å². The third-order valence-corrected chi connectivity index (χ3v) is 5.31. The predicted molar refractivity (Wildman–Crippen MR) is 88.3 cm³/mol. The number of amides is 1. The monoisotopic (exact) mass is 331 g/mol. The van der Waals surface area contributed by atoms with Gasteiger partial charge in [0.15, 0.2) is 11.5 Å². The molecule has 0 saturated carbocycles. The molecule has 0 radical (unpaired) electrons. The van der Waals surface area contributed by atoms with Crippen molar-refractivity contribution in [1.82, 2.24) is 9.78 Å². The van der Waals surface area contributed by atoms with E-state index in [1.165, 1.54) is 0 Å². The summed E-state index contributed by atoms with van der Waals surface area (Å²) in [6.07, 6.45) is 0. The molecule has 7 heteroatoms. The molecular formula is C16H17N3O3S. The van der Waals surface area contributed by atoms with Crippen molar-refractivity contribution < 1.29 is 14.3 Å². The second-order valence-corrected chi connectivity index (χ2v) is 6.71. The zero-order valence-electron chi connectivity index (χ0n) is 13.0. The van der Waals surface area contributed by atoms with Crippen molar-refractivity contribution in [2.75, 3.05) is 24.3 Å². The number of fused-ring (bicyclic) bond motifs is 2. The van der Waals surface area contributed by atoms with Crippen molar-refractivity contribution in [2.24, 2.45) is 7.05 Å². The van der Waals surface area contributed by atoms with Crippen molar-refractivity contribution in [3.8, 4) is 11.5 Å². The number of aryl methyl sites for hydroxylation is 2. The third kappa shape index (κ3) is 2.45. The lowest BCUT2D eigenvalue weighted by Crippen LogP contribution is -2.15. The van der Waals surface area contributed by atoms with Crippen molar-refractivity contribution >= 4 is 23.5 Å². The highest BCUT2D eigenvalue weighted by molar-refractivity contribution is 8.00. The van der Waals surface area contributed by atoms with Gasteiger partial charge in [0.1, 0.15) is 19.0 Å². The molecule has 0 aliphatic carbocycles. The van der Waals surface area contributed by atoms with Crippen LogP contribution >= 0.6 is 11.8 Å². The van der Waals surface area contributed by atoms with Crippen LogP contribution in [0.5, 0.6) is 11.5 Å². The van der Waals surface area contributed by atoms with Crippen LogP contribution in [-0.4, -0.2) is 34.7 Å². The summed E-state index contributed by atoms with van der Waals surface area (Å²) in [6, 6.07) is 5.99. The van der Waals surface area contributed by atoms with Crippen LogP contribution in [0.15, 0.2) is 18.2 Å². The molecule has 0 fully saturated rings. The molecule has 6 nitrogen and oxygen atoms in total. The number of hydrogen-bond donors (Lipinski definition) is 1. The Balaban J connectivity index is 1.81. The number of benzene rings is 1. The highest BCUT2D eigenvalue weighted by Crippen LogP contribution is 2.45. The number of nitrogens with one attached hydrogen (secondary N) is 1. The van der Waals surface area contributed by atoms with Gasteiger partial charge in [-0.15, -0.1) is 11.8 Å². The van der Waals surface area contributed by atoms with Gasteiger partial charge in [-0.05, 0) is 24.6 Å². The lowest BCUT2D eigenvalue weighted by atomic mass is 10.0. The second kappa shape index (κ2) is 5.49. The number of ether oxygens (including phenoxy) is 2. The SMILES string of the molecule is Cc1nn(C)c2c1[C@@H](c1ccc3c(c1)OCCO3)SCC(=O)N2. The van der Waals surface area contributed by atoms with E-state index in [-0.39, 0.29) is 11.2 Å². The van der Waals surface area contributed by atoms with Crippen LogP contribution in [0.2, 0.25) is 0 Å². The zero-order valence-corrected chi connectivity index (χ0v) is 13.8. The van der Waals surface area contributed by atoms with Gasteiger partial charge in [-0.1, -0.05) is 6.07 Å². The molecule has 0 saturated heterocycles. The average Bonchev–Trinajstić information content (AvgIpc) is 2.72. The fourth-order valence-corrected chi connectivity index (χ4v) is 4.21. The van der Waals surface area contributed by atoms with Crippen molar-refractivity contribution in [3.63, 3.8) is 0 Å². The summed E-state index contributed by atoms with van der Waals surface area (Å²) >= 11 is 1.60. The third-order valence-electron chi connectivity index (χ3n) is 4.04. The zero-order chi connectivity index (χ0) is 16.0. The number of carbonyl (C=O) groups excluding carboxylic acids is 1. The normalized spacial score (nSPS) is 19.7. The van der Waals surface area contributed by atoms with E-state index in [1.807, 2.05) is 32.2 Å². The Morgan fingerprint density at radius 2 is 2.09 bits per heavy atom. The van der Waals surface area contributed by atoms with Crippen LogP contribution in [0.3, 0.4) is 0 Å². The molecule has 2 aliphatic heterocycles. The Hall–Kier alpha value is -2.15. The Labute approximate surface area is 138 Å². The van der Waals surface area contributed by atoms with E-state index in [0.29, 0.717) is 19.0 Å². The highest BCUT2D eigenvalue weighted by Gasteiger charge is 2.30. The smallest absolute Gasteiger partial charge is 0.235 e. The molecule has 120 valence electrons. The molecule has 1 amide bonds. The van der Waals surface area contributed by atoms with Crippen LogP contribution in [0.4, 0.5) is 5.82 Å². The number of carbonyl (C=O) groups is 1. The van der Waals surface area contributed by atoms with Crippen molar-refractivity contribution in [3.05, 3.63) is 35.0 Å². The minimum Gasteiger partial charge on any atom is -0.486 e. The molecule has 1 aromatic carbocycles. The van der Waals surface area contributed by atoms with E-state index < -0.39 is 0 Å². The summed E-state index contributed by atoms with van der Waals surface area (Å²) in [5.74, 6) is 2.72. The summed E-state index contributed by atoms with van der Waals surface area (Å²) in [4.78, 5) is 12.0. The maximum Gasteiger partial charge on any atom is 0.235 e. The molecule has 0 bridgehead atoms. The van der Waals surface area contributed by atoms with Crippen molar-refractivity contribution in [2.45, 2.75) is 12.2 Å². The Bertz CT molecular complexity index is 787. The van der Waals surface area contributed by atoms with E-state index in [4.69, 9.17) is 9.47 Å². The first kappa shape index (κ1) is 14.4. The van der Waals surface area contributed by atoms with Gasteiger partial charge in [0.2, 0.25) is 5.91 Å². The number of anilines is 1. The van der Waals surface area contributed by atoms with Crippen LogP contribution in [-0.2, 0) is 11.8 Å². The van der Waals surface area contributed by atoms with E-state index in [0.717, 1.165) is 34.1 Å². The molecule has 4 rings (SSSR count). The number of nitrogens with zero attached hydrogens (tertiary/aromatic N) is 2. The molecule has 2 aromatic rings. The van der Waals surface area contributed by atoms with E-state index >= 15 is 0 Å². The summed E-state index contributed by atoms with van der Waals surface area (Å²) in [5.41, 5.74) is 3.07. The lowest BCUT2D eigenvalue weighted by Gasteiger charge is -2.21. The fourth-order valence-electron chi connectivity index (χ4n) is 3.03. The topological polar surface area (TPSA) is 65.4 Å². The maximum absolute atomic E-state index is 12.0. The molecule has 1 atom stereocenters. The predicted octanol–water partition coefficient (Wildman–Crippen LogP) is 2.27. The summed E-state index contributed by atoms with van der Waals surface area (Å²) in [5, 5.41) is 7.46. The Morgan fingerprint density at radius 1 is 1.30 bits per heavy atom. The number of thioether (sulfide) groups is 1. The second-order valence-electron chi connectivity index (χ2n) is 5.61. The van der Waals surface area contributed by atoms with Crippen LogP contribution in [0.1, 0.15) is 22.1 Å². The first-order valence-electron chi connectivity index (χ1n) is 7.48. The number of rotatable bonds is 1. The number of aromatic nitrogens is 2. The number of hydrogen-bond acceptors (Lipinski definition) is 5. The lowest BCUT2D eigenvalue weighted by molar-refractivity contribution is -0.113. The van der Waals surface area contributed by atoms with Gasteiger partial charge < -0.3 is 14.8 Å². The molecular weight excluding hydrogens is 314 g/mol. The minimum absolute atomic E-state index is 0.000654. The largest absolute Gasteiger partial charge is 0.486 e. The van der Waals surface area contributed by atoms with Gasteiger partial charge in [-0.3, -0.25) is 9.48 Å². The first-order chi connectivity index (χ1) is 11.1. The van der Waals surface area contributed by atoms with E-state index in [1.54, 1.807) is 16.4 Å². The van der Waals surface area contributed by atoms with E-state index in [9.17, 15) is 4.79 Å². The molecule has 3 heterocycles. The maximum atomic E-state index is 12.0. The standard InChI is InChI=1S/C16H17N3O3S/c1-9-14-15(23-8-13(20)17-16(14)19(2)18-9)10-3-4-11-12(7-10)22-6-5-21-11/h3-4,7,15H,5-6,8H2,1-2H3,(H,17,20)/t15-/m1/s1. The Kier molecular flexibility index (Phi) is 3.45. The summed E-state index contributed by atoms with van der Waals surface area (Å²) in [6.45, 7) is 3.11. The fraction of sp³-hybridized carbons (Fsp3) is 0.375. The van der Waals surface area contributed by atoms with Crippen LogP contribution < -0.4 is 14.8 Å². The van der Waals surface area contributed by atoms with Gasteiger partial charge in [0.05, 0.1) is 16.7 Å². The molecule has 1 N–H and O–H groups in total. The van der Waals surface area contributed by atoms with Gasteiger partial charge >= 0.3 is 0 Å². The average molecular weight is 331 g/mol. The van der Waals surface area contributed by atoms with Gasteiger partial charge in [-0.2, -0.15) is 5.10 Å². The van der Waals surface area contributed by atoms with Gasteiger partial charge in [0, 0.05) is 12.6 Å². The summed E-state index contributed by atoms with van der Waals surface area (Å²) in [7, 11) is 1.85. The highest BCUT2D eigenvalue weighted by atomic mass is 32.2. The molecule has 2 aliphatic rings. The molecule has 1 aromatic heterocycles. The quantitative estimate of drug-likeness (QED) is 0.868. The van der Waals surface area contributed by atoms with Gasteiger partial charge in [-0.25, -0.2) is 0 Å². The Morgan fingerprint density at radius 3 is 2.91 bits per heavy atom. The molecule has 0 unspecified atom stereocenters. The molecule has 23 heavy (non-hydrogen) atoms. The van der Waals surface area contributed by atoms with E-state index in [2.05, 4.69) is 10.4 Å². The first-order valence-corrected chi connectivity index (χ1v) is 8.53. The van der Waals surface area contributed by atoms with Gasteiger partial charge in [0.25, 0.3) is 0 Å². The molecule has 0 spiro atoms. The minimum atomic E-state index is -0.000654. The summed E-state index contributed by atoms with van der Waals surface area (Å²) < 4.78 is 13.0. The van der Waals surface area contributed by atoms with Crippen molar-refractivity contribution in [1.29, 1.82) is 0 Å². The van der Waals surface area contributed by atoms with Crippen LogP contribution in [0.25, 0.3) is 0 Å².